The van der Waals surface area contributed by atoms with Crippen LogP contribution in [0, 0.1) is 12.8 Å². The molecule has 2 fully saturated rings. The summed E-state index contributed by atoms with van der Waals surface area (Å²) in [6, 6.07) is 7.92. The van der Waals surface area contributed by atoms with Crippen LogP contribution in [0.2, 0.25) is 0 Å². The molecule has 1 aromatic carbocycles. The molecule has 0 N–H and O–H groups in total. The predicted molar refractivity (Wildman–Crippen MR) is 122 cm³/mol. The van der Waals surface area contributed by atoms with Crippen LogP contribution in [0.4, 0.5) is 0 Å². The molecule has 0 bridgehead atoms. The molecule has 30 heavy (non-hydrogen) atoms. The number of thiocarbonyl (C=S) groups is 1. The zero-order chi connectivity index (χ0) is 21.7. The highest BCUT2D eigenvalue weighted by molar-refractivity contribution is 8.26. The summed E-state index contributed by atoms with van der Waals surface area (Å²) in [4.78, 5) is 41.0. The molecular weight excluding hydrogens is 420 g/mol. The lowest BCUT2D eigenvalue weighted by Crippen LogP contribution is -2.42. The van der Waals surface area contributed by atoms with Crippen LogP contribution in [0.5, 0.6) is 0 Å². The molecule has 0 aromatic heterocycles. The molecule has 160 valence electrons. The van der Waals surface area contributed by atoms with Gasteiger partial charge in [-0.3, -0.25) is 19.3 Å². The van der Waals surface area contributed by atoms with Crippen molar-refractivity contribution in [3.05, 3.63) is 40.3 Å². The van der Waals surface area contributed by atoms with Crippen LogP contribution in [-0.2, 0) is 19.1 Å². The zero-order valence-corrected chi connectivity index (χ0v) is 18.9. The Labute approximate surface area is 186 Å². The van der Waals surface area contributed by atoms with E-state index in [-0.39, 0.29) is 36.7 Å². The van der Waals surface area contributed by atoms with Crippen molar-refractivity contribution >= 4 is 52.2 Å². The number of benzene rings is 1. The van der Waals surface area contributed by atoms with Gasteiger partial charge in [-0.25, -0.2) is 0 Å². The number of hydrogen-bond donors (Lipinski definition) is 0. The monoisotopic (exact) mass is 446 g/mol. The van der Waals surface area contributed by atoms with Crippen molar-refractivity contribution in [2.24, 2.45) is 5.92 Å². The lowest BCUT2D eigenvalue weighted by Gasteiger charge is -2.31. The summed E-state index contributed by atoms with van der Waals surface area (Å²) >= 11 is 6.63. The summed E-state index contributed by atoms with van der Waals surface area (Å²) in [7, 11) is 0. The van der Waals surface area contributed by atoms with Gasteiger partial charge in [0.2, 0.25) is 5.91 Å². The van der Waals surface area contributed by atoms with Gasteiger partial charge >= 0.3 is 5.97 Å². The van der Waals surface area contributed by atoms with Crippen LogP contribution in [0.3, 0.4) is 0 Å². The van der Waals surface area contributed by atoms with Crippen molar-refractivity contribution in [2.75, 3.05) is 26.2 Å². The number of piperidine rings is 1. The molecule has 0 unspecified atom stereocenters. The van der Waals surface area contributed by atoms with Gasteiger partial charge in [0.1, 0.15) is 4.32 Å². The molecule has 0 aliphatic carbocycles. The largest absolute Gasteiger partial charge is 0.466 e. The fourth-order valence-corrected chi connectivity index (χ4v) is 4.81. The zero-order valence-electron chi connectivity index (χ0n) is 17.3. The number of aryl methyl sites for hydroxylation is 1. The predicted octanol–water partition coefficient (Wildman–Crippen LogP) is 3.39. The third-order valence-electron chi connectivity index (χ3n) is 5.27. The molecule has 2 saturated heterocycles. The van der Waals surface area contributed by atoms with Gasteiger partial charge in [-0.05, 0) is 38.3 Å². The SMILES string of the molecule is CCOC(=O)C1CCN(C(=O)CCN2C(=O)/C(=C/c3ccc(C)cc3)SC2=S)CC1. The standard InChI is InChI=1S/C22H26N2O4S2/c1-3-28-21(27)17-8-11-23(12-9-17)19(25)10-13-24-20(26)18(30-22(24)29)14-16-6-4-15(2)5-7-16/h4-7,14,17H,3,8-13H2,1-2H3/b18-14-. The second kappa shape index (κ2) is 10.2. The number of likely N-dealkylation sites (tertiary alicyclic amines) is 1. The fourth-order valence-electron chi connectivity index (χ4n) is 3.50. The molecule has 1 aromatic rings. The van der Waals surface area contributed by atoms with Gasteiger partial charge < -0.3 is 9.64 Å². The lowest BCUT2D eigenvalue weighted by atomic mass is 9.97. The maximum atomic E-state index is 12.7. The Bertz CT molecular complexity index is 858. The number of thioether (sulfide) groups is 1. The number of ether oxygens (including phenoxy) is 1. The number of esters is 1. The molecule has 0 spiro atoms. The first-order valence-corrected chi connectivity index (χ1v) is 11.4. The third kappa shape index (κ3) is 5.49. The number of carbonyl (C=O) groups excluding carboxylic acids is 3. The highest BCUT2D eigenvalue weighted by Crippen LogP contribution is 2.32. The van der Waals surface area contributed by atoms with Crippen molar-refractivity contribution in [3.8, 4) is 0 Å². The van der Waals surface area contributed by atoms with Crippen molar-refractivity contribution in [1.82, 2.24) is 9.80 Å². The molecular formula is C22H26N2O4S2. The number of amides is 2. The second-order valence-electron chi connectivity index (χ2n) is 7.40. The van der Waals surface area contributed by atoms with Gasteiger partial charge in [-0.15, -0.1) is 0 Å². The summed E-state index contributed by atoms with van der Waals surface area (Å²) in [6.07, 6.45) is 3.28. The molecule has 0 atom stereocenters. The molecule has 8 heteroatoms. The summed E-state index contributed by atoms with van der Waals surface area (Å²) in [6.45, 7) is 5.52. The summed E-state index contributed by atoms with van der Waals surface area (Å²) in [5.41, 5.74) is 2.10. The second-order valence-corrected chi connectivity index (χ2v) is 9.08. The minimum Gasteiger partial charge on any atom is -0.466 e. The Balaban J connectivity index is 1.51. The van der Waals surface area contributed by atoms with E-state index in [2.05, 4.69) is 0 Å². The van der Waals surface area contributed by atoms with Crippen LogP contribution in [-0.4, -0.2) is 58.1 Å². The molecule has 3 rings (SSSR count). The van der Waals surface area contributed by atoms with Crippen LogP contribution in [0.25, 0.3) is 6.08 Å². The quantitative estimate of drug-likeness (QED) is 0.379. The van der Waals surface area contributed by atoms with Crippen LogP contribution in [0.1, 0.15) is 37.3 Å². The first-order valence-electron chi connectivity index (χ1n) is 10.2. The summed E-state index contributed by atoms with van der Waals surface area (Å²) in [5.74, 6) is -0.483. The number of nitrogens with zero attached hydrogens (tertiary/aromatic N) is 2. The van der Waals surface area contributed by atoms with Gasteiger partial charge in [0, 0.05) is 26.1 Å². The summed E-state index contributed by atoms with van der Waals surface area (Å²) < 4.78 is 5.54. The van der Waals surface area contributed by atoms with E-state index in [0.717, 1.165) is 11.1 Å². The fraction of sp³-hybridized carbons (Fsp3) is 0.455. The van der Waals surface area contributed by atoms with Crippen molar-refractivity contribution in [1.29, 1.82) is 0 Å². The lowest BCUT2D eigenvalue weighted by molar-refractivity contribution is -0.151. The Morgan fingerprint density at radius 3 is 2.53 bits per heavy atom. The van der Waals surface area contributed by atoms with Gasteiger partial charge in [-0.1, -0.05) is 53.8 Å². The molecule has 2 aliphatic rings. The highest BCUT2D eigenvalue weighted by Gasteiger charge is 2.33. The van der Waals surface area contributed by atoms with Gasteiger partial charge in [0.05, 0.1) is 17.4 Å². The van der Waals surface area contributed by atoms with Crippen LogP contribution >= 0.6 is 24.0 Å². The van der Waals surface area contributed by atoms with Crippen molar-refractivity contribution < 1.29 is 19.1 Å². The molecule has 2 amide bonds. The normalized spacial score (nSPS) is 18.9. The van der Waals surface area contributed by atoms with Crippen LogP contribution < -0.4 is 0 Å². The van der Waals surface area contributed by atoms with E-state index in [9.17, 15) is 14.4 Å². The van der Waals surface area contributed by atoms with Crippen molar-refractivity contribution in [3.63, 3.8) is 0 Å². The minimum absolute atomic E-state index is 0.0196. The topological polar surface area (TPSA) is 66.9 Å². The average Bonchev–Trinajstić information content (AvgIpc) is 3.00. The van der Waals surface area contributed by atoms with E-state index in [1.165, 1.54) is 16.7 Å². The molecule has 2 aliphatic heterocycles. The van der Waals surface area contributed by atoms with E-state index >= 15 is 0 Å². The van der Waals surface area contributed by atoms with Crippen LogP contribution in [0.15, 0.2) is 29.2 Å². The highest BCUT2D eigenvalue weighted by atomic mass is 32.2. The minimum atomic E-state index is -0.178. The molecule has 0 saturated carbocycles. The van der Waals surface area contributed by atoms with E-state index < -0.39 is 0 Å². The first-order chi connectivity index (χ1) is 14.4. The Morgan fingerprint density at radius 1 is 1.23 bits per heavy atom. The average molecular weight is 447 g/mol. The van der Waals surface area contributed by atoms with E-state index in [4.69, 9.17) is 17.0 Å². The molecule has 0 radical (unpaired) electrons. The Hall–Kier alpha value is -2.19. The van der Waals surface area contributed by atoms with Gasteiger partial charge in [-0.2, -0.15) is 0 Å². The van der Waals surface area contributed by atoms with E-state index in [1.807, 2.05) is 37.3 Å². The third-order valence-corrected chi connectivity index (χ3v) is 6.64. The maximum absolute atomic E-state index is 12.7. The Morgan fingerprint density at radius 2 is 1.90 bits per heavy atom. The Kier molecular flexibility index (Phi) is 7.66. The van der Waals surface area contributed by atoms with Crippen molar-refractivity contribution in [2.45, 2.75) is 33.1 Å². The smallest absolute Gasteiger partial charge is 0.309 e. The van der Waals surface area contributed by atoms with Gasteiger partial charge in [0.15, 0.2) is 0 Å². The number of hydrogen-bond acceptors (Lipinski definition) is 6. The molecule has 2 heterocycles. The maximum Gasteiger partial charge on any atom is 0.309 e. The van der Waals surface area contributed by atoms with E-state index in [0.29, 0.717) is 41.8 Å². The first kappa shape index (κ1) is 22.5. The molecule has 6 nitrogen and oxygen atoms in total. The summed E-state index contributed by atoms with van der Waals surface area (Å²) in [5, 5.41) is 0. The van der Waals surface area contributed by atoms with Gasteiger partial charge in [0.25, 0.3) is 5.91 Å². The number of rotatable bonds is 6. The van der Waals surface area contributed by atoms with E-state index in [1.54, 1.807) is 11.8 Å². The number of carbonyl (C=O) groups is 3.